The molecule has 0 radical (unpaired) electrons. The Labute approximate surface area is 156 Å². The number of Topliss-reactive ketones (excluding diaryl/α,β-unsaturated/α-hetero) is 1. The van der Waals surface area contributed by atoms with Gasteiger partial charge in [0.25, 0.3) is 0 Å². The van der Waals surface area contributed by atoms with Crippen molar-refractivity contribution in [2.75, 3.05) is 18.2 Å². The lowest BCUT2D eigenvalue weighted by atomic mass is 9.78. The molecule has 0 saturated carbocycles. The van der Waals surface area contributed by atoms with Crippen LogP contribution in [-0.2, 0) is 6.54 Å². The number of nitrogens with zero attached hydrogens (tertiary/aromatic N) is 3. The van der Waals surface area contributed by atoms with E-state index in [1.54, 1.807) is 29.2 Å². The molecule has 3 heterocycles. The van der Waals surface area contributed by atoms with E-state index in [9.17, 15) is 9.59 Å². The van der Waals surface area contributed by atoms with Gasteiger partial charge in [-0.25, -0.2) is 9.92 Å². The van der Waals surface area contributed by atoms with Crippen LogP contribution in [0, 0.1) is 6.92 Å². The van der Waals surface area contributed by atoms with Gasteiger partial charge in [-0.2, -0.15) is 5.10 Å². The third-order valence-corrected chi connectivity index (χ3v) is 5.48. The molecular weight excluding hydrogens is 349 g/mol. The number of carbonyl (C=O) groups excluding carboxylic acids is 2. The number of para-hydroxylation sites is 1. The molecule has 2 amide bonds. The number of rotatable bonds is 2. The lowest BCUT2D eigenvalue weighted by Crippen LogP contribution is -2.57. The van der Waals surface area contributed by atoms with Gasteiger partial charge in [-0.3, -0.25) is 9.89 Å². The fraction of sp³-hybridized carbons (Fsp3) is 0.421. The minimum Gasteiger partial charge on any atom is -0.332 e. The summed E-state index contributed by atoms with van der Waals surface area (Å²) in [5, 5.41) is 10.5. The molecule has 4 rings (SSSR count). The maximum atomic E-state index is 15.1. The fourth-order valence-corrected chi connectivity index (χ4v) is 3.94. The highest BCUT2D eigenvalue weighted by atomic mass is 19.2. The second kappa shape index (κ2) is 6.68. The third kappa shape index (κ3) is 3.15. The van der Waals surface area contributed by atoms with Gasteiger partial charge in [0.15, 0.2) is 5.78 Å². The average Bonchev–Trinajstić information content (AvgIpc) is 3.10. The van der Waals surface area contributed by atoms with E-state index < -0.39 is 5.54 Å². The molecule has 0 unspecified atom stereocenters. The Balaban J connectivity index is 1.40. The summed E-state index contributed by atoms with van der Waals surface area (Å²) in [4.78, 5) is 26.6. The van der Waals surface area contributed by atoms with Crippen molar-refractivity contribution in [3.63, 3.8) is 0 Å². The van der Waals surface area contributed by atoms with Gasteiger partial charge in [0.2, 0.25) is 0 Å². The van der Waals surface area contributed by atoms with Crippen LogP contribution in [0.25, 0.3) is 0 Å². The quantitative estimate of drug-likeness (QED) is 0.796. The number of carbonyl (C=O) groups is 2. The van der Waals surface area contributed by atoms with Crippen molar-refractivity contribution in [3.8, 4) is 0 Å². The Morgan fingerprint density at radius 1 is 1.33 bits per heavy atom. The first-order valence-electron chi connectivity index (χ1n) is 9.10. The van der Waals surface area contributed by atoms with Gasteiger partial charge in [0.1, 0.15) is 0 Å². The lowest BCUT2D eigenvalue weighted by molar-refractivity contribution is 0.0805. The molecule has 0 aliphatic carbocycles. The van der Waals surface area contributed by atoms with Crippen molar-refractivity contribution >= 4 is 17.5 Å². The number of ketones is 1. The van der Waals surface area contributed by atoms with Gasteiger partial charge in [-0.15, -0.1) is 0 Å². The predicted octanol–water partition coefficient (Wildman–Crippen LogP) is 2.74. The zero-order valence-electron chi connectivity index (χ0n) is 15.2. The molecule has 1 saturated heterocycles. The summed E-state index contributed by atoms with van der Waals surface area (Å²) in [6, 6.07) is 8.46. The number of aryl methyl sites for hydroxylation is 1. The first-order chi connectivity index (χ1) is 13.0. The van der Waals surface area contributed by atoms with Crippen molar-refractivity contribution in [1.29, 1.82) is 0 Å². The van der Waals surface area contributed by atoms with Gasteiger partial charge in [0, 0.05) is 30.8 Å². The summed E-state index contributed by atoms with van der Waals surface area (Å²) in [5.74, 6) is -0.0358. The fourth-order valence-electron chi connectivity index (χ4n) is 3.94. The number of hydrogen-bond acceptors (Lipinski definition) is 4. The molecule has 142 valence electrons. The van der Waals surface area contributed by atoms with Crippen LogP contribution in [0.1, 0.15) is 41.0 Å². The number of nitrogens with one attached hydrogen (secondary N) is 2. The van der Waals surface area contributed by atoms with Crippen molar-refractivity contribution in [3.05, 3.63) is 47.3 Å². The smallest absolute Gasteiger partial charge is 0.317 e. The average molecular weight is 371 g/mol. The van der Waals surface area contributed by atoms with Crippen LogP contribution < -0.4 is 10.4 Å². The molecule has 0 bridgehead atoms. The Morgan fingerprint density at radius 3 is 2.78 bits per heavy atom. The van der Waals surface area contributed by atoms with Crippen LogP contribution >= 0.6 is 0 Å². The minimum absolute atomic E-state index is 0.0358. The molecule has 8 heteroatoms. The molecule has 2 aliphatic rings. The highest BCUT2D eigenvalue weighted by molar-refractivity contribution is 6.04. The standard InChI is InChI=1S/C19H22FN5O2/c1-13-10-14(23-22-13)12-21-18(27)24-8-6-19(7-9-24)11-17(26)15-4-2-3-5-16(15)25(19)20/h2-5,10H,6-9,11-12H2,1H3,(H,21,27)(H,22,23). The van der Waals surface area contributed by atoms with Gasteiger partial charge in [-0.1, -0.05) is 16.6 Å². The molecule has 7 nitrogen and oxygen atoms in total. The number of anilines is 1. The minimum atomic E-state index is -0.860. The number of hydrogen-bond donors (Lipinski definition) is 2. The number of aromatic amines is 1. The van der Waals surface area contributed by atoms with E-state index in [1.807, 2.05) is 13.0 Å². The largest absolute Gasteiger partial charge is 0.332 e. The van der Waals surface area contributed by atoms with Crippen molar-refractivity contribution in [2.45, 2.75) is 38.3 Å². The van der Waals surface area contributed by atoms with Crippen LogP contribution in [0.5, 0.6) is 0 Å². The maximum Gasteiger partial charge on any atom is 0.317 e. The van der Waals surface area contributed by atoms with Gasteiger partial charge in [-0.05, 0) is 38.0 Å². The van der Waals surface area contributed by atoms with Crippen LogP contribution in [0.3, 0.4) is 0 Å². The van der Waals surface area contributed by atoms with Gasteiger partial charge in [0.05, 0.1) is 23.5 Å². The summed E-state index contributed by atoms with van der Waals surface area (Å²) >= 11 is 0. The number of piperidine rings is 1. The lowest BCUT2D eigenvalue weighted by Gasteiger charge is -2.47. The summed E-state index contributed by atoms with van der Waals surface area (Å²) < 4.78 is 15.1. The number of halogens is 1. The number of aromatic nitrogens is 2. The first kappa shape index (κ1) is 17.5. The van der Waals surface area contributed by atoms with E-state index in [-0.39, 0.29) is 18.2 Å². The molecule has 1 aromatic carbocycles. The Kier molecular flexibility index (Phi) is 4.33. The van der Waals surface area contributed by atoms with Crippen LogP contribution in [-0.4, -0.2) is 45.5 Å². The van der Waals surface area contributed by atoms with E-state index in [1.165, 1.54) is 0 Å². The second-order valence-electron chi connectivity index (χ2n) is 7.31. The normalized spacial score (nSPS) is 18.5. The summed E-state index contributed by atoms with van der Waals surface area (Å²) in [5.41, 5.74) is 1.60. The molecule has 1 aromatic heterocycles. The Hall–Kier alpha value is -2.90. The highest BCUT2D eigenvalue weighted by Gasteiger charge is 2.47. The molecule has 2 aliphatic heterocycles. The summed E-state index contributed by atoms with van der Waals surface area (Å²) in [7, 11) is 0. The topological polar surface area (TPSA) is 81.3 Å². The predicted molar refractivity (Wildman–Crippen MR) is 98.1 cm³/mol. The number of H-pyrrole nitrogens is 1. The van der Waals surface area contributed by atoms with Crippen molar-refractivity contribution < 1.29 is 14.1 Å². The molecule has 27 heavy (non-hydrogen) atoms. The SMILES string of the molecule is Cc1cc(CNC(=O)N2CCC3(CC2)CC(=O)c2ccccc2N3F)n[nH]1. The summed E-state index contributed by atoms with van der Waals surface area (Å²) in [6.07, 6.45) is 0.972. The van der Waals surface area contributed by atoms with Crippen LogP contribution in [0.15, 0.2) is 30.3 Å². The van der Waals surface area contributed by atoms with Gasteiger partial charge >= 0.3 is 6.03 Å². The van der Waals surface area contributed by atoms with Gasteiger partial charge < -0.3 is 10.2 Å². The highest BCUT2D eigenvalue weighted by Crippen LogP contribution is 2.42. The zero-order chi connectivity index (χ0) is 19.0. The number of fused-ring (bicyclic) bond motifs is 1. The monoisotopic (exact) mass is 371 g/mol. The molecule has 2 N–H and O–H groups in total. The maximum absolute atomic E-state index is 15.1. The summed E-state index contributed by atoms with van der Waals surface area (Å²) in [6.45, 7) is 3.04. The van der Waals surface area contributed by atoms with Crippen molar-refractivity contribution in [1.82, 2.24) is 20.4 Å². The van der Waals surface area contributed by atoms with Crippen LogP contribution in [0.2, 0.25) is 0 Å². The van der Waals surface area contributed by atoms with Crippen LogP contribution in [0.4, 0.5) is 15.0 Å². The Morgan fingerprint density at radius 2 is 2.07 bits per heavy atom. The van der Waals surface area contributed by atoms with E-state index in [2.05, 4.69) is 15.5 Å². The number of likely N-dealkylation sites (tertiary alicyclic amines) is 1. The van der Waals surface area contributed by atoms with E-state index in [0.29, 0.717) is 43.7 Å². The van der Waals surface area contributed by atoms with Crippen molar-refractivity contribution in [2.24, 2.45) is 0 Å². The van der Waals surface area contributed by atoms with E-state index in [4.69, 9.17) is 0 Å². The molecule has 1 spiro atoms. The number of urea groups is 1. The first-order valence-corrected chi connectivity index (χ1v) is 9.10. The van der Waals surface area contributed by atoms with E-state index in [0.717, 1.165) is 16.5 Å². The molecule has 1 fully saturated rings. The molecule has 2 aromatic rings. The molecular formula is C19H22FN5O2. The zero-order valence-corrected chi connectivity index (χ0v) is 15.2. The number of benzene rings is 1. The second-order valence-corrected chi connectivity index (χ2v) is 7.31. The third-order valence-electron chi connectivity index (χ3n) is 5.48. The number of amides is 2. The van der Waals surface area contributed by atoms with E-state index >= 15 is 4.48 Å². The molecule has 0 atom stereocenters. The Bertz CT molecular complexity index is 872.